The number of Topliss-reactive ketones (excluding diaryl/α,β-unsaturated/α-hetero) is 1. The van der Waals surface area contributed by atoms with Crippen LogP contribution in [0.5, 0.6) is 5.75 Å². The molecule has 6 heteroatoms. The van der Waals surface area contributed by atoms with Crippen molar-refractivity contribution in [3.8, 4) is 5.75 Å². The highest BCUT2D eigenvalue weighted by Gasteiger charge is 2.58. The monoisotopic (exact) mass is 404 g/mol. The average Bonchev–Trinajstić information content (AvgIpc) is 2.89. The first kappa shape index (κ1) is 19.9. The zero-order valence-electron chi connectivity index (χ0n) is 17.3. The van der Waals surface area contributed by atoms with Crippen molar-refractivity contribution in [3.05, 3.63) is 81.9 Å². The molecular weight excluding hydrogens is 380 g/mol. The van der Waals surface area contributed by atoms with Gasteiger partial charge in [-0.05, 0) is 56.2 Å². The first-order valence-electron chi connectivity index (χ1n) is 9.90. The zero-order chi connectivity index (χ0) is 21.7. The molecule has 0 aliphatic carbocycles. The third-order valence-corrected chi connectivity index (χ3v) is 6.16. The number of anilines is 1. The van der Waals surface area contributed by atoms with Crippen LogP contribution in [0.3, 0.4) is 0 Å². The van der Waals surface area contributed by atoms with Crippen molar-refractivity contribution in [2.24, 2.45) is 0 Å². The van der Waals surface area contributed by atoms with Gasteiger partial charge in [0.1, 0.15) is 5.75 Å². The second-order valence-corrected chi connectivity index (χ2v) is 8.36. The van der Waals surface area contributed by atoms with Gasteiger partial charge in [0.25, 0.3) is 5.69 Å². The lowest BCUT2D eigenvalue weighted by atomic mass is 9.76. The minimum Gasteiger partial charge on any atom is -0.463 e. The normalized spacial score (nSPS) is 20.4. The summed E-state index contributed by atoms with van der Waals surface area (Å²) in [6, 6.07) is 12.7. The molecule has 2 heterocycles. The number of rotatable bonds is 5. The van der Waals surface area contributed by atoms with Crippen molar-refractivity contribution < 1.29 is 14.5 Å². The number of para-hydroxylation sites is 1. The number of nitrogens with zero attached hydrogens (tertiary/aromatic N) is 2. The van der Waals surface area contributed by atoms with Crippen molar-refractivity contribution in [1.29, 1.82) is 0 Å². The third kappa shape index (κ3) is 2.83. The Kier molecular flexibility index (Phi) is 4.53. The van der Waals surface area contributed by atoms with Gasteiger partial charge in [0, 0.05) is 36.3 Å². The Hall–Kier alpha value is -3.41. The molecule has 154 valence electrons. The number of non-ortho nitro benzene ring substituents is 1. The fourth-order valence-corrected chi connectivity index (χ4v) is 4.42. The molecule has 2 aromatic carbocycles. The van der Waals surface area contributed by atoms with E-state index in [1.54, 1.807) is 13.0 Å². The van der Waals surface area contributed by atoms with E-state index in [0.29, 0.717) is 29.9 Å². The van der Waals surface area contributed by atoms with Crippen LogP contribution in [0.15, 0.2) is 60.7 Å². The number of allylic oxidation sites excluding steroid dienone is 1. The van der Waals surface area contributed by atoms with E-state index in [1.807, 2.05) is 30.4 Å². The molecule has 1 atom stereocenters. The number of carbonyl (C=O) groups is 1. The Morgan fingerprint density at radius 1 is 1.23 bits per heavy atom. The fourth-order valence-electron chi connectivity index (χ4n) is 4.42. The maximum absolute atomic E-state index is 12.3. The number of nitro benzene ring substituents is 1. The van der Waals surface area contributed by atoms with Crippen molar-refractivity contribution in [2.45, 2.75) is 38.3 Å². The summed E-state index contributed by atoms with van der Waals surface area (Å²) in [6.45, 7) is 10.2. The van der Waals surface area contributed by atoms with Gasteiger partial charge < -0.3 is 9.64 Å². The van der Waals surface area contributed by atoms with Gasteiger partial charge in [-0.25, -0.2) is 0 Å². The molecule has 6 nitrogen and oxygen atoms in total. The number of hydrogen-bond acceptors (Lipinski definition) is 5. The van der Waals surface area contributed by atoms with Gasteiger partial charge in [-0.2, -0.15) is 0 Å². The molecule has 1 unspecified atom stereocenters. The van der Waals surface area contributed by atoms with Crippen molar-refractivity contribution in [1.82, 2.24) is 0 Å². The standard InChI is InChI=1S/C24H24N2O4/c1-16(2)21(27)12-14-25-20-8-6-5-7-19(20)23(3,4)24(25)13-11-17-15-18(26(28)29)9-10-22(17)30-24/h5-11,13,15H,1,12,14H2,2-4H3. The molecule has 0 saturated heterocycles. The lowest BCUT2D eigenvalue weighted by Gasteiger charge is -2.47. The van der Waals surface area contributed by atoms with E-state index in [4.69, 9.17) is 4.74 Å². The predicted octanol–water partition coefficient (Wildman–Crippen LogP) is 5.03. The summed E-state index contributed by atoms with van der Waals surface area (Å²) in [6.07, 6.45) is 4.17. The van der Waals surface area contributed by atoms with Gasteiger partial charge in [-0.1, -0.05) is 24.8 Å². The van der Waals surface area contributed by atoms with E-state index in [0.717, 1.165) is 11.3 Å². The molecule has 1 spiro atoms. The number of hydrogen-bond donors (Lipinski definition) is 0. The number of nitro groups is 1. The van der Waals surface area contributed by atoms with Crippen LogP contribution in [0.25, 0.3) is 6.08 Å². The van der Waals surface area contributed by atoms with Gasteiger partial charge in [0.15, 0.2) is 5.78 Å². The van der Waals surface area contributed by atoms with Gasteiger partial charge in [-0.3, -0.25) is 14.9 Å². The first-order chi connectivity index (χ1) is 14.2. The van der Waals surface area contributed by atoms with E-state index in [1.165, 1.54) is 12.1 Å². The summed E-state index contributed by atoms with van der Waals surface area (Å²) < 4.78 is 6.60. The molecule has 2 aliphatic heterocycles. The maximum Gasteiger partial charge on any atom is 0.270 e. The summed E-state index contributed by atoms with van der Waals surface area (Å²) in [5, 5.41) is 11.1. The second-order valence-electron chi connectivity index (χ2n) is 8.36. The number of ketones is 1. The van der Waals surface area contributed by atoms with Crippen LogP contribution in [-0.2, 0) is 10.2 Å². The van der Waals surface area contributed by atoms with Crippen LogP contribution < -0.4 is 9.64 Å². The average molecular weight is 404 g/mol. The molecule has 0 fully saturated rings. The largest absolute Gasteiger partial charge is 0.463 e. The predicted molar refractivity (Wildman–Crippen MR) is 117 cm³/mol. The van der Waals surface area contributed by atoms with Gasteiger partial charge >= 0.3 is 0 Å². The highest BCUT2D eigenvalue weighted by atomic mass is 16.6. The molecule has 30 heavy (non-hydrogen) atoms. The van der Waals surface area contributed by atoms with Gasteiger partial charge in [-0.15, -0.1) is 0 Å². The summed E-state index contributed by atoms with van der Waals surface area (Å²) in [4.78, 5) is 25.1. The lowest BCUT2D eigenvalue weighted by molar-refractivity contribution is -0.384. The minimum absolute atomic E-state index is 0.0168. The number of fused-ring (bicyclic) bond motifs is 2. The SMILES string of the molecule is C=C(C)C(=O)CCN1c2ccccc2C(C)(C)C12C=Cc1cc([N+](=O)[O-])ccc1O2. The highest BCUT2D eigenvalue weighted by Crippen LogP contribution is 2.55. The van der Waals surface area contributed by atoms with E-state index < -0.39 is 16.1 Å². The molecule has 2 aromatic rings. The topological polar surface area (TPSA) is 72.7 Å². The quantitative estimate of drug-likeness (QED) is 0.397. The molecule has 2 aliphatic rings. The molecular formula is C24H24N2O4. The van der Waals surface area contributed by atoms with Crippen molar-refractivity contribution in [3.63, 3.8) is 0 Å². The van der Waals surface area contributed by atoms with Crippen LogP contribution in [-0.4, -0.2) is 23.0 Å². The number of carbonyl (C=O) groups excluding carboxylic acids is 1. The fraction of sp³-hybridized carbons (Fsp3) is 0.292. The first-order valence-corrected chi connectivity index (χ1v) is 9.90. The molecule has 0 bridgehead atoms. The molecule has 0 N–H and O–H groups in total. The van der Waals surface area contributed by atoms with E-state index in [-0.39, 0.29) is 11.5 Å². The molecule has 0 radical (unpaired) electrons. The van der Waals surface area contributed by atoms with Gasteiger partial charge in [0.05, 0.1) is 10.3 Å². The second kappa shape index (κ2) is 6.83. The lowest BCUT2D eigenvalue weighted by Crippen LogP contribution is -2.59. The van der Waals surface area contributed by atoms with Crippen LogP contribution >= 0.6 is 0 Å². The van der Waals surface area contributed by atoms with E-state index >= 15 is 0 Å². The van der Waals surface area contributed by atoms with Crippen molar-refractivity contribution in [2.75, 3.05) is 11.4 Å². The highest BCUT2D eigenvalue weighted by molar-refractivity contribution is 5.94. The molecule has 0 amide bonds. The van der Waals surface area contributed by atoms with Crippen molar-refractivity contribution >= 4 is 23.2 Å². The Balaban J connectivity index is 1.80. The maximum atomic E-state index is 12.3. The zero-order valence-corrected chi connectivity index (χ0v) is 17.3. The molecule has 4 rings (SSSR count). The molecule has 0 saturated carbocycles. The van der Waals surface area contributed by atoms with E-state index in [2.05, 4.69) is 31.4 Å². The summed E-state index contributed by atoms with van der Waals surface area (Å²) in [5.41, 5.74) is 2.10. The Labute approximate surface area is 175 Å². The summed E-state index contributed by atoms with van der Waals surface area (Å²) in [5.74, 6) is 0.600. The van der Waals surface area contributed by atoms with E-state index in [9.17, 15) is 14.9 Å². The third-order valence-electron chi connectivity index (χ3n) is 6.16. The van der Waals surface area contributed by atoms with Gasteiger partial charge in [0.2, 0.25) is 5.72 Å². The van der Waals surface area contributed by atoms with Crippen LogP contribution in [0.2, 0.25) is 0 Å². The Morgan fingerprint density at radius 3 is 2.67 bits per heavy atom. The minimum atomic E-state index is -0.852. The van der Waals surface area contributed by atoms with Crippen LogP contribution in [0.4, 0.5) is 11.4 Å². The Morgan fingerprint density at radius 2 is 1.97 bits per heavy atom. The van der Waals surface area contributed by atoms with Crippen LogP contribution in [0, 0.1) is 10.1 Å². The molecule has 0 aromatic heterocycles. The Bertz CT molecular complexity index is 1100. The number of benzene rings is 2. The number of ether oxygens (including phenoxy) is 1. The van der Waals surface area contributed by atoms with Crippen LogP contribution in [0.1, 0.15) is 38.3 Å². The summed E-state index contributed by atoms with van der Waals surface area (Å²) in [7, 11) is 0. The summed E-state index contributed by atoms with van der Waals surface area (Å²) >= 11 is 0. The smallest absolute Gasteiger partial charge is 0.270 e.